The minimum atomic E-state index is -0.0893. The molecule has 7 nitrogen and oxygen atoms in total. The van der Waals surface area contributed by atoms with Gasteiger partial charge in [-0.2, -0.15) is 5.10 Å². The molecular weight excluding hydrogens is 396 g/mol. The van der Waals surface area contributed by atoms with Gasteiger partial charge in [0.05, 0.1) is 18.1 Å². The molecule has 0 bridgehead atoms. The predicted molar refractivity (Wildman–Crippen MR) is 123 cm³/mol. The molecule has 0 atom stereocenters. The van der Waals surface area contributed by atoms with E-state index in [4.69, 9.17) is 0 Å². The third-order valence-electron chi connectivity index (χ3n) is 4.71. The molecule has 1 amide bonds. The summed E-state index contributed by atoms with van der Waals surface area (Å²) in [5.41, 5.74) is 2.69. The fourth-order valence-corrected chi connectivity index (χ4v) is 3.43. The molecule has 2 heterocycles. The summed E-state index contributed by atoms with van der Waals surface area (Å²) in [6, 6.07) is 8.03. The molecule has 0 radical (unpaired) electrons. The van der Waals surface area contributed by atoms with Crippen molar-refractivity contribution in [1.82, 2.24) is 25.1 Å². The zero-order valence-corrected chi connectivity index (χ0v) is 19.3. The van der Waals surface area contributed by atoms with Gasteiger partial charge in [-0.1, -0.05) is 44.7 Å². The molecule has 3 aromatic rings. The lowest BCUT2D eigenvalue weighted by Gasteiger charge is -2.19. The molecular formula is C22H30N6OS. The molecule has 0 unspecified atom stereocenters. The van der Waals surface area contributed by atoms with E-state index in [1.54, 1.807) is 6.20 Å². The van der Waals surface area contributed by atoms with Gasteiger partial charge in [-0.15, -0.1) is 0 Å². The molecule has 0 spiro atoms. The summed E-state index contributed by atoms with van der Waals surface area (Å²) >= 11 is 1.49. The van der Waals surface area contributed by atoms with Gasteiger partial charge in [0.2, 0.25) is 0 Å². The van der Waals surface area contributed by atoms with Crippen LogP contribution in [0.25, 0.3) is 11.0 Å². The number of hydrogen-bond donors (Lipinski definition) is 2. The van der Waals surface area contributed by atoms with Crippen molar-refractivity contribution in [3.8, 4) is 0 Å². The number of anilines is 1. The second kappa shape index (κ2) is 9.04. The predicted octanol–water partition coefficient (Wildman–Crippen LogP) is 4.10. The SMILES string of the molecule is CSc1nc(NC(C)C)c2cnn(CCNC(=O)c3ccc(C(C)(C)C)cc3)c2n1. The number of carbonyl (C=O) groups excluding carboxylic acids is 1. The van der Waals surface area contributed by atoms with Crippen LogP contribution >= 0.6 is 11.8 Å². The Kier molecular flexibility index (Phi) is 6.65. The second-order valence-corrected chi connectivity index (χ2v) is 9.32. The van der Waals surface area contributed by atoms with E-state index in [1.807, 2.05) is 35.2 Å². The first kappa shape index (κ1) is 22.1. The Balaban J connectivity index is 1.69. The lowest BCUT2D eigenvalue weighted by molar-refractivity contribution is 0.0952. The first-order valence-electron chi connectivity index (χ1n) is 10.1. The number of amides is 1. The van der Waals surface area contributed by atoms with E-state index in [0.717, 1.165) is 16.9 Å². The number of nitrogens with one attached hydrogen (secondary N) is 2. The summed E-state index contributed by atoms with van der Waals surface area (Å²) in [6.07, 6.45) is 3.73. The molecule has 0 aliphatic rings. The number of fused-ring (bicyclic) bond motifs is 1. The topological polar surface area (TPSA) is 84.7 Å². The second-order valence-electron chi connectivity index (χ2n) is 8.55. The third-order valence-corrected chi connectivity index (χ3v) is 5.25. The van der Waals surface area contributed by atoms with Crippen molar-refractivity contribution in [2.45, 2.75) is 57.8 Å². The molecule has 3 rings (SSSR count). The van der Waals surface area contributed by atoms with Gasteiger partial charge in [-0.05, 0) is 43.2 Å². The van der Waals surface area contributed by atoms with Crippen molar-refractivity contribution in [1.29, 1.82) is 0 Å². The Morgan fingerprint density at radius 1 is 1.17 bits per heavy atom. The van der Waals surface area contributed by atoms with Gasteiger partial charge < -0.3 is 10.6 Å². The molecule has 8 heteroatoms. The Hall–Kier alpha value is -2.61. The maximum atomic E-state index is 12.5. The van der Waals surface area contributed by atoms with E-state index in [2.05, 4.69) is 60.3 Å². The Morgan fingerprint density at radius 2 is 1.87 bits per heavy atom. The molecule has 0 fully saturated rings. The Labute approximate surface area is 182 Å². The number of rotatable bonds is 7. The minimum Gasteiger partial charge on any atom is -0.367 e. The third kappa shape index (κ3) is 5.11. The van der Waals surface area contributed by atoms with Crippen molar-refractivity contribution in [3.05, 3.63) is 41.6 Å². The average Bonchev–Trinajstić information content (AvgIpc) is 3.10. The van der Waals surface area contributed by atoms with Crippen molar-refractivity contribution in [2.75, 3.05) is 18.1 Å². The first-order chi connectivity index (χ1) is 14.2. The summed E-state index contributed by atoms with van der Waals surface area (Å²) in [4.78, 5) is 21.7. The highest BCUT2D eigenvalue weighted by atomic mass is 32.2. The van der Waals surface area contributed by atoms with Crippen molar-refractivity contribution in [3.63, 3.8) is 0 Å². The molecule has 30 heavy (non-hydrogen) atoms. The maximum absolute atomic E-state index is 12.5. The number of carbonyl (C=O) groups is 1. The number of thioether (sulfide) groups is 1. The fraction of sp³-hybridized carbons (Fsp3) is 0.455. The normalized spacial score (nSPS) is 11.8. The van der Waals surface area contributed by atoms with Crippen LogP contribution in [0.15, 0.2) is 35.6 Å². The highest BCUT2D eigenvalue weighted by molar-refractivity contribution is 7.98. The highest BCUT2D eigenvalue weighted by Gasteiger charge is 2.15. The molecule has 0 saturated carbocycles. The van der Waals surface area contributed by atoms with E-state index in [9.17, 15) is 4.79 Å². The summed E-state index contributed by atoms with van der Waals surface area (Å²) in [5, 5.41) is 12.4. The largest absolute Gasteiger partial charge is 0.367 e. The number of hydrogen-bond acceptors (Lipinski definition) is 6. The van der Waals surface area contributed by atoms with Crippen LogP contribution in [0.5, 0.6) is 0 Å². The van der Waals surface area contributed by atoms with Crippen LogP contribution < -0.4 is 10.6 Å². The summed E-state index contributed by atoms with van der Waals surface area (Å²) < 4.78 is 1.81. The van der Waals surface area contributed by atoms with Crippen LogP contribution in [0.3, 0.4) is 0 Å². The van der Waals surface area contributed by atoms with Gasteiger partial charge in [0.15, 0.2) is 10.8 Å². The Morgan fingerprint density at radius 3 is 2.47 bits per heavy atom. The van der Waals surface area contributed by atoms with Crippen molar-refractivity contribution >= 4 is 34.5 Å². The molecule has 160 valence electrons. The Bertz CT molecular complexity index is 1020. The van der Waals surface area contributed by atoms with Gasteiger partial charge in [-0.3, -0.25) is 4.79 Å². The van der Waals surface area contributed by atoms with Gasteiger partial charge in [0.1, 0.15) is 5.82 Å². The van der Waals surface area contributed by atoms with E-state index in [0.29, 0.717) is 23.8 Å². The smallest absolute Gasteiger partial charge is 0.251 e. The van der Waals surface area contributed by atoms with E-state index in [1.165, 1.54) is 17.3 Å². The zero-order valence-electron chi connectivity index (χ0n) is 18.5. The number of nitrogens with zero attached hydrogens (tertiary/aromatic N) is 4. The monoisotopic (exact) mass is 426 g/mol. The highest BCUT2D eigenvalue weighted by Crippen LogP contribution is 2.24. The molecule has 1 aromatic carbocycles. The molecule has 2 N–H and O–H groups in total. The van der Waals surface area contributed by atoms with Gasteiger partial charge >= 0.3 is 0 Å². The summed E-state index contributed by atoms with van der Waals surface area (Å²) in [6.45, 7) is 11.6. The molecule has 2 aromatic heterocycles. The fourth-order valence-electron chi connectivity index (χ4n) is 3.07. The van der Waals surface area contributed by atoms with Crippen LogP contribution in [0.4, 0.5) is 5.82 Å². The van der Waals surface area contributed by atoms with Crippen LogP contribution in [0.2, 0.25) is 0 Å². The van der Waals surface area contributed by atoms with E-state index < -0.39 is 0 Å². The summed E-state index contributed by atoms with van der Waals surface area (Å²) in [5.74, 6) is 0.696. The van der Waals surface area contributed by atoms with Gasteiger partial charge in [0.25, 0.3) is 5.91 Å². The first-order valence-corrected chi connectivity index (χ1v) is 11.3. The minimum absolute atomic E-state index is 0.0664. The quantitative estimate of drug-likeness (QED) is 0.437. The molecule has 0 aliphatic carbocycles. The van der Waals surface area contributed by atoms with Gasteiger partial charge in [-0.25, -0.2) is 14.6 Å². The molecule has 0 saturated heterocycles. The van der Waals surface area contributed by atoms with Gasteiger partial charge in [0, 0.05) is 18.2 Å². The van der Waals surface area contributed by atoms with Crippen LogP contribution in [0, 0.1) is 0 Å². The average molecular weight is 427 g/mol. The lowest BCUT2D eigenvalue weighted by atomic mass is 9.87. The van der Waals surface area contributed by atoms with E-state index in [-0.39, 0.29) is 17.4 Å². The van der Waals surface area contributed by atoms with Crippen LogP contribution in [0.1, 0.15) is 50.5 Å². The van der Waals surface area contributed by atoms with Crippen LogP contribution in [-0.4, -0.2) is 44.5 Å². The maximum Gasteiger partial charge on any atom is 0.251 e. The number of aromatic nitrogens is 4. The lowest BCUT2D eigenvalue weighted by Crippen LogP contribution is -2.27. The van der Waals surface area contributed by atoms with E-state index >= 15 is 0 Å². The number of benzene rings is 1. The van der Waals surface area contributed by atoms with Crippen molar-refractivity contribution < 1.29 is 4.79 Å². The van der Waals surface area contributed by atoms with Crippen molar-refractivity contribution in [2.24, 2.45) is 0 Å². The standard InChI is InChI=1S/C22H30N6OS/c1-14(2)25-18-17-13-24-28(19(17)27-21(26-18)30-6)12-11-23-20(29)15-7-9-16(10-8-15)22(3,4)5/h7-10,13-14H,11-12H2,1-6H3,(H,23,29)(H,25,26,27). The zero-order chi connectivity index (χ0) is 21.9. The van der Waals surface area contributed by atoms with Crippen LogP contribution in [-0.2, 0) is 12.0 Å². The summed E-state index contributed by atoms with van der Waals surface area (Å²) in [7, 11) is 0. The molecule has 0 aliphatic heterocycles.